The highest BCUT2D eigenvalue weighted by atomic mass is 32.2. The van der Waals surface area contributed by atoms with Gasteiger partial charge >= 0.3 is 0 Å². The fraction of sp³-hybridized carbons (Fsp3) is 0.538. The van der Waals surface area contributed by atoms with Crippen molar-refractivity contribution in [3.05, 3.63) is 23.8 Å². The van der Waals surface area contributed by atoms with Gasteiger partial charge in [-0.05, 0) is 44.0 Å². The van der Waals surface area contributed by atoms with Crippen molar-refractivity contribution in [1.29, 1.82) is 0 Å². The Labute approximate surface area is 113 Å². The van der Waals surface area contributed by atoms with Crippen LogP contribution in [-0.4, -0.2) is 32.3 Å². The van der Waals surface area contributed by atoms with Crippen molar-refractivity contribution in [2.75, 3.05) is 6.61 Å². The summed E-state index contributed by atoms with van der Waals surface area (Å²) >= 11 is 0. The molecule has 0 aromatic heterocycles. The van der Waals surface area contributed by atoms with E-state index in [1.54, 1.807) is 32.0 Å². The van der Waals surface area contributed by atoms with Crippen LogP contribution in [0.2, 0.25) is 0 Å². The third-order valence-electron chi connectivity index (χ3n) is 3.02. The Hall–Kier alpha value is -1.11. The van der Waals surface area contributed by atoms with E-state index < -0.39 is 16.1 Å². The molecule has 0 radical (unpaired) electrons. The summed E-state index contributed by atoms with van der Waals surface area (Å²) in [4.78, 5) is 0.245. The lowest BCUT2D eigenvalue weighted by Crippen LogP contribution is -2.34. The van der Waals surface area contributed by atoms with E-state index in [2.05, 4.69) is 4.72 Å². The second kappa shape index (κ2) is 5.48. The Kier molecular flexibility index (Phi) is 4.13. The minimum absolute atomic E-state index is 0.245. The van der Waals surface area contributed by atoms with Gasteiger partial charge in [0.1, 0.15) is 5.75 Å². The van der Waals surface area contributed by atoms with Crippen LogP contribution in [-0.2, 0) is 16.4 Å². The van der Waals surface area contributed by atoms with Gasteiger partial charge in [0.2, 0.25) is 10.0 Å². The van der Waals surface area contributed by atoms with Crippen LogP contribution in [0.15, 0.2) is 23.1 Å². The van der Waals surface area contributed by atoms with E-state index in [0.717, 1.165) is 17.7 Å². The quantitative estimate of drug-likeness (QED) is 0.848. The molecule has 0 spiro atoms. The summed E-state index contributed by atoms with van der Waals surface area (Å²) in [5.41, 5.74) is 0.922. The molecule has 1 aromatic carbocycles. The fourth-order valence-electron chi connectivity index (χ4n) is 2.22. The first-order valence-electron chi connectivity index (χ1n) is 6.34. The molecule has 6 heteroatoms. The molecule has 1 heterocycles. The van der Waals surface area contributed by atoms with E-state index in [0.29, 0.717) is 13.0 Å². The van der Waals surface area contributed by atoms with Gasteiger partial charge in [-0.15, -0.1) is 0 Å². The first-order chi connectivity index (χ1) is 8.88. The molecular formula is C13H19NO4S. The number of rotatable bonds is 5. The molecule has 2 N–H and O–H groups in total. The second-order valence-corrected chi connectivity index (χ2v) is 6.69. The van der Waals surface area contributed by atoms with Crippen molar-refractivity contribution in [2.24, 2.45) is 0 Å². The zero-order chi connectivity index (χ0) is 14.0. The smallest absolute Gasteiger partial charge is 0.240 e. The maximum absolute atomic E-state index is 12.2. The molecule has 1 aromatic rings. The van der Waals surface area contributed by atoms with Crippen molar-refractivity contribution in [3.8, 4) is 5.75 Å². The number of hydrogen-bond donors (Lipinski definition) is 2. The minimum Gasteiger partial charge on any atom is -0.493 e. The lowest BCUT2D eigenvalue weighted by Gasteiger charge is -2.16. The first-order valence-corrected chi connectivity index (χ1v) is 7.83. The average Bonchev–Trinajstić information content (AvgIpc) is 2.73. The first kappa shape index (κ1) is 14.3. The largest absolute Gasteiger partial charge is 0.493 e. The summed E-state index contributed by atoms with van der Waals surface area (Å²) in [7, 11) is -3.54. The zero-order valence-corrected chi connectivity index (χ0v) is 11.9. The van der Waals surface area contributed by atoms with Gasteiger partial charge in [0.05, 0.1) is 17.6 Å². The fourth-order valence-corrected chi connectivity index (χ4v) is 3.53. The van der Waals surface area contributed by atoms with Crippen LogP contribution in [0.3, 0.4) is 0 Å². The van der Waals surface area contributed by atoms with Crippen LogP contribution in [0.4, 0.5) is 0 Å². The van der Waals surface area contributed by atoms with Crippen molar-refractivity contribution in [3.63, 3.8) is 0 Å². The normalized spacial score (nSPS) is 17.6. The molecule has 0 saturated carbocycles. The molecule has 0 amide bonds. The topological polar surface area (TPSA) is 75.6 Å². The van der Waals surface area contributed by atoms with Crippen LogP contribution in [0, 0.1) is 0 Å². The van der Waals surface area contributed by atoms with Crippen molar-refractivity contribution < 1.29 is 18.3 Å². The predicted octanol–water partition coefficient (Wildman–Crippen LogP) is 1.06. The summed E-state index contributed by atoms with van der Waals surface area (Å²) in [6, 6.07) is 4.58. The van der Waals surface area contributed by atoms with Crippen LogP contribution >= 0.6 is 0 Å². The Bertz CT molecular complexity index is 554. The molecule has 2 unspecified atom stereocenters. The van der Waals surface area contributed by atoms with Crippen molar-refractivity contribution in [2.45, 2.75) is 43.7 Å². The number of nitrogens with one attached hydrogen (secondary N) is 1. The molecule has 1 aliphatic heterocycles. The van der Waals surface area contributed by atoms with Gasteiger partial charge in [0.15, 0.2) is 0 Å². The highest BCUT2D eigenvalue weighted by Gasteiger charge is 2.21. The van der Waals surface area contributed by atoms with E-state index in [4.69, 9.17) is 4.74 Å². The van der Waals surface area contributed by atoms with Gasteiger partial charge in [-0.3, -0.25) is 0 Å². The zero-order valence-electron chi connectivity index (χ0n) is 11.1. The highest BCUT2D eigenvalue weighted by molar-refractivity contribution is 7.89. The van der Waals surface area contributed by atoms with Crippen molar-refractivity contribution in [1.82, 2.24) is 4.72 Å². The predicted molar refractivity (Wildman–Crippen MR) is 71.7 cm³/mol. The average molecular weight is 285 g/mol. The van der Waals surface area contributed by atoms with Gasteiger partial charge < -0.3 is 9.84 Å². The molecule has 0 bridgehead atoms. The molecule has 0 saturated heterocycles. The molecule has 2 atom stereocenters. The number of fused-ring (bicyclic) bond motifs is 1. The van der Waals surface area contributed by atoms with Gasteiger partial charge in [-0.2, -0.15) is 0 Å². The van der Waals surface area contributed by atoms with Gasteiger partial charge in [0, 0.05) is 12.5 Å². The number of hydrogen-bond acceptors (Lipinski definition) is 4. The van der Waals surface area contributed by atoms with Crippen molar-refractivity contribution >= 4 is 10.0 Å². The Morgan fingerprint density at radius 1 is 1.42 bits per heavy atom. The van der Waals surface area contributed by atoms with Crippen LogP contribution in [0.25, 0.3) is 0 Å². The summed E-state index contributed by atoms with van der Waals surface area (Å²) < 4.78 is 32.3. The Morgan fingerprint density at radius 2 is 2.16 bits per heavy atom. The molecule has 19 heavy (non-hydrogen) atoms. The lowest BCUT2D eigenvalue weighted by atomic mass is 10.2. The molecular weight excluding hydrogens is 266 g/mol. The third kappa shape index (κ3) is 3.46. The number of aliphatic hydroxyl groups is 1. The van der Waals surface area contributed by atoms with E-state index in [1.807, 2.05) is 0 Å². The van der Waals surface area contributed by atoms with E-state index in [-0.39, 0.29) is 10.9 Å². The summed E-state index contributed by atoms with van der Waals surface area (Å²) in [6.07, 6.45) is 0.584. The highest BCUT2D eigenvalue weighted by Crippen LogP contribution is 2.27. The monoisotopic (exact) mass is 285 g/mol. The van der Waals surface area contributed by atoms with Crippen LogP contribution in [0.1, 0.15) is 25.8 Å². The van der Waals surface area contributed by atoms with Crippen LogP contribution < -0.4 is 9.46 Å². The number of ether oxygens (including phenoxy) is 1. The molecule has 106 valence electrons. The number of sulfonamides is 1. The van der Waals surface area contributed by atoms with Crippen LogP contribution in [0.5, 0.6) is 5.75 Å². The standard InChI is InChI=1S/C13H19NO4S/c1-9(7-10(2)15)14-19(16,17)12-3-4-13-11(8-12)5-6-18-13/h3-4,8-10,14-15H,5-7H2,1-2H3. The van der Waals surface area contributed by atoms with Gasteiger partial charge in [0.25, 0.3) is 0 Å². The minimum atomic E-state index is -3.54. The molecule has 0 aliphatic carbocycles. The molecule has 2 rings (SSSR count). The maximum Gasteiger partial charge on any atom is 0.240 e. The Balaban J connectivity index is 2.15. The van der Waals surface area contributed by atoms with E-state index >= 15 is 0 Å². The Morgan fingerprint density at radius 3 is 2.84 bits per heavy atom. The number of aliphatic hydroxyl groups excluding tert-OH is 1. The summed E-state index contributed by atoms with van der Waals surface area (Å²) in [6.45, 7) is 3.98. The summed E-state index contributed by atoms with van der Waals surface area (Å²) in [5.74, 6) is 0.760. The molecule has 0 fully saturated rings. The number of benzene rings is 1. The van der Waals surface area contributed by atoms with Gasteiger partial charge in [-0.1, -0.05) is 0 Å². The van der Waals surface area contributed by atoms with E-state index in [9.17, 15) is 13.5 Å². The maximum atomic E-state index is 12.2. The lowest BCUT2D eigenvalue weighted by molar-refractivity contribution is 0.175. The van der Waals surface area contributed by atoms with Gasteiger partial charge in [-0.25, -0.2) is 13.1 Å². The summed E-state index contributed by atoms with van der Waals surface area (Å²) in [5, 5.41) is 9.27. The molecule has 1 aliphatic rings. The second-order valence-electron chi connectivity index (χ2n) is 4.98. The third-order valence-corrected chi connectivity index (χ3v) is 4.61. The SMILES string of the molecule is CC(O)CC(C)NS(=O)(=O)c1ccc2c(c1)CCO2. The molecule has 5 nitrogen and oxygen atoms in total. The van der Waals surface area contributed by atoms with E-state index in [1.165, 1.54) is 0 Å².